The number of amides is 2. The van der Waals surface area contributed by atoms with Crippen LogP contribution < -0.4 is 11.1 Å². The first-order chi connectivity index (χ1) is 13.2. The van der Waals surface area contributed by atoms with Crippen LogP contribution in [-0.4, -0.2) is 64.8 Å². The number of esters is 1. The van der Waals surface area contributed by atoms with Crippen LogP contribution in [0.1, 0.15) is 29.3 Å². The molecule has 0 radical (unpaired) electrons. The SMILES string of the molecule is COC(=O)CCNC(=O)C1SC(=NC(=O)c2ccc(C(N)=S)cc2)N(C)C1C. The van der Waals surface area contributed by atoms with Crippen molar-refractivity contribution in [2.24, 2.45) is 10.7 Å². The van der Waals surface area contributed by atoms with Gasteiger partial charge < -0.3 is 20.7 Å². The van der Waals surface area contributed by atoms with E-state index in [0.717, 1.165) is 0 Å². The fourth-order valence-electron chi connectivity index (χ4n) is 2.47. The number of carbonyl (C=O) groups excluding carboxylic acids is 3. The van der Waals surface area contributed by atoms with Crippen molar-refractivity contribution in [1.82, 2.24) is 10.2 Å². The zero-order valence-corrected chi connectivity index (χ0v) is 17.4. The highest BCUT2D eigenvalue weighted by atomic mass is 32.2. The number of ether oxygens (including phenoxy) is 1. The molecule has 150 valence electrons. The Morgan fingerprint density at radius 3 is 2.46 bits per heavy atom. The highest BCUT2D eigenvalue weighted by Crippen LogP contribution is 2.30. The lowest BCUT2D eigenvalue weighted by atomic mass is 10.1. The van der Waals surface area contributed by atoms with Crippen LogP contribution in [0, 0.1) is 0 Å². The van der Waals surface area contributed by atoms with Crippen LogP contribution in [-0.2, 0) is 14.3 Å². The van der Waals surface area contributed by atoms with Gasteiger partial charge in [-0.15, -0.1) is 0 Å². The Bertz CT molecular complexity index is 810. The van der Waals surface area contributed by atoms with Crippen LogP contribution in [0.2, 0.25) is 0 Å². The van der Waals surface area contributed by atoms with Crippen molar-refractivity contribution in [1.29, 1.82) is 0 Å². The summed E-state index contributed by atoms with van der Waals surface area (Å²) in [5.74, 6) is -1.02. The van der Waals surface area contributed by atoms with Gasteiger partial charge in [0.15, 0.2) is 5.17 Å². The number of carbonyl (C=O) groups is 3. The van der Waals surface area contributed by atoms with Gasteiger partial charge in [0.05, 0.1) is 13.5 Å². The molecule has 1 aromatic carbocycles. The number of nitrogens with one attached hydrogen (secondary N) is 1. The van der Waals surface area contributed by atoms with Crippen LogP contribution in [0.25, 0.3) is 0 Å². The average molecular weight is 423 g/mol. The van der Waals surface area contributed by atoms with Crippen molar-refractivity contribution >= 4 is 51.9 Å². The molecule has 3 N–H and O–H groups in total. The lowest BCUT2D eigenvalue weighted by molar-refractivity contribution is -0.140. The Hall–Kier alpha value is -2.46. The van der Waals surface area contributed by atoms with Gasteiger partial charge in [0.1, 0.15) is 10.2 Å². The van der Waals surface area contributed by atoms with Gasteiger partial charge in [-0.1, -0.05) is 36.1 Å². The van der Waals surface area contributed by atoms with E-state index in [4.69, 9.17) is 18.0 Å². The number of methoxy groups -OCH3 is 1. The minimum atomic E-state index is -0.439. The summed E-state index contributed by atoms with van der Waals surface area (Å²) in [5, 5.41) is 2.74. The van der Waals surface area contributed by atoms with Crippen molar-refractivity contribution in [2.45, 2.75) is 24.6 Å². The number of nitrogens with two attached hydrogens (primary N) is 1. The van der Waals surface area contributed by atoms with E-state index >= 15 is 0 Å². The predicted molar refractivity (Wildman–Crippen MR) is 112 cm³/mol. The normalized spacial score (nSPS) is 20.1. The number of hydrogen-bond acceptors (Lipinski definition) is 6. The van der Waals surface area contributed by atoms with E-state index in [2.05, 4.69) is 15.0 Å². The van der Waals surface area contributed by atoms with Crippen molar-refractivity contribution in [2.75, 3.05) is 20.7 Å². The molecule has 1 heterocycles. The third-order valence-electron chi connectivity index (χ3n) is 4.31. The van der Waals surface area contributed by atoms with Gasteiger partial charge in [-0.05, 0) is 19.1 Å². The minimum absolute atomic E-state index is 0.103. The van der Waals surface area contributed by atoms with Crippen molar-refractivity contribution < 1.29 is 19.1 Å². The molecule has 0 aromatic heterocycles. The van der Waals surface area contributed by atoms with Gasteiger partial charge in [0, 0.05) is 30.8 Å². The van der Waals surface area contributed by atoms with E-state index in [0.29, 0.717) is 16.3 Å². The van der Waals surface area contributed by atoms with Gasteiger partial charge in [0.25, 0.3) is 5.91 Å². The molecular formula is C18H22N4O4S2. The molecule has 1 aromatic rings. The van der Waals surface area contributed by atoms with Crippen LogP contribution in [0.3, 0.4) is 0 Å². The van der Waals surface area contributed by atoms with E-state index in [1.54, 1.807) is 36.2 Å². The molecule has 1 aliphatic rings. The minimum Gasteiger partial charge on any atom is -0.469 e. The number of thioether (sulfide) groups is 1. The Morgan fingerprint density at radius 2 is 1.89 bits per heavy atom. The number of amidine groups is 1. The third kappa shape index (κ3) is 5.29. The molecule has 1 saturated heterocycles. The summed E-state index contributed by atoms with van der Waals surface area (Å²) >= 11 is 6.11. The number of nitrogens with zero attached hydrogens (tertiary/aromatic N) is 2. The Kier molecular flexibility index (Phi) is 7.53. The lowest BCUT2D eigenvalue weighted by Gasteiger charge is -2.19. The van der Waals surface area contributed by atoms with Crippen LogP contribution in [0.4, 0.5) is 0 Å². The molecule has 2 unspecified atom stereocenters. The summed E-state index contributed by atoms with van der Waals surface area (Å²) in [5.41, 5.74) is 6.63. The van der Waals surface area contributed by atoms with E-state index < -0.39 is 11.2 Å². The maximum absolute atomic E-state index is 12.4. The van der Waals surface area contributed by atoms with Crippen molar-refractivity contribution in [3.05, 3.63) is 35.4 Å². The van der Waals surface area contributed by atoms with Gasteiger partial charge in [-0.25, -0.2) is 0 Å². The first-order valence-corrected chi connectivity index (χ1v) is 9.80. The van der Waals surface area contributed by atoms with Gasteiger partial charge in [-0.2, -0.15) is 4.99 Å². The smallest absolute Gasteiger partial charge is 0.307 e. The first kappa shape index (κ1) is 21.8. The predicted octanol–water partition coefficient (Wildman–Crippen LogP) is 0.932. The molecule has 0 bridgehead atoms. The standard InChI is InChI=1S/C18H22N4O4S2/c1-10-14(17(25)20-9-8-13(23)26-3)28-18(22(10)2)21-16(24)12-6-4-11(5-7-12)15(19)27/h4-7,10,14H,8-9H2,1-3H3,(H2,19,27)(H,20,25). The summed E-state index contributed by atoms with van der Waals surface area (Å²) in [4.78, 5) is 42.2. The summed E-state index contributed by atoms with van der Waals surface area (Å²) in [6.45, 7) is 2.07. The zero-order chi connectivity index (χ0) is 20.8. The number of rotatable bonds is 6. The molecule has 10 heteroatoms. The Balaban J connectivity index is 2.03. The highest BCUT2D eigenvalue weighted by Gasteiger charge is 2.39. The van der Waals surface area contributed by atoms with E-state index in [1.807, 2.05) is 6.92 Å². The molecule has 0 aliphatic carbocycles. The largest absolute Gasteiger partial charge is 0.469 e. The van der Waals surface area contributed by atoms with Crippen LogP contribution in [0.5, 0.6) is 0 Å². The second kappa shape index (κ2) is 9.65. The van der Waals surface area contributed by atoms with Crippen molar-refractivity contribution in [3.63, 3.8) is 0 Å². The van der Waals surface area contributed by atoms with Crippen LogP contribution >= 0.6 is 24.0 Å². The van der Waals surface area contributed by atoms with E-state index in [9.17, 15) is 14.4 Å². The monoisotopic (exact) mass is 422 g/mol. The number of thiocarbonyl (C=S) groups is 1. The zero-order valence-electron chi connectivity index (χ0n) is 15.8. The molecule has 28 heavy (non-hydrogen) atoms. The molecule has 0 saturated carbocycles. The first-order valence-electron chi connectivity index (χ1n) is 8.51. The molecular weight excluding hydrogens is 400 g/mol. The maximum atomic E-state index is 12.4. The average Bonchev–Trinajstić information content (AvgIpc) is 2.96. The van der Waals surface area contributed by atoms with E-state index in [1.165, 1.54) is 18.9 Å². The topological polar surface area (TPSA) is 114 Å². The fourth-order valence-corrected chi connectivity index (χ4v) is 3.87. The highest BCUT2D eigenvalue weighted by molar-refractivity contribution is 8.15. The Morgan fingerprint density at radius 1 is 1.29 bits per heavy atom. The second-order valence-corrected chi connectivity index (χ2v) is 7.70. The summed E-state index contributed by atoms with van der Waals surface area (Å²) in [6.07, 6.45) is 0.103. The molecule has 0 spiro atoms. The number of aliphatic imine (C=N–C) groups is 1. The van der Waals surface area contributed by atoms with Gasteiger partial charge in [-0.3, -0.25) is 14.4 Å². The quantitative estimate of drug-likeness (QED) is 0.514. The lowest BCUT2D eigenvalue weighted by Crippen LogP contribution is -2.41. The molecule has 2 amide bonds. The van der Waals surface area contributed by atoms with E-state index in [-0.39, 0.29) is 35.9 Å². The van der Waals surface area contributed by atoms with Gasteiger partial charge >= 0.3 is 5.97 Å². The number of hydrogen-bond donors (Lipinski definition) is 2. The summed E-state index contributed by atoms with van der Waals surface area (Å²) in [7, 11) is 3.08. The second-order valence-electron chi connectivity index (χ2n) is 6.15. The molecule has 8 nitrogen and oxygen atoms in total. The maximum Gasteiger partial charge on any atom is 0.307 e. The fraction of sp³-hybridized carbons (Fsp3) is 0.389. The van der Waals surface area contributed by atoms with Crippen LogP contribution in [0.15, 0.2) is 29.3 Å². The summed E-state index contributed by atoms with van der Waals surface area (Å²) in [6, 6.07) is 6.40. The van der Waals surface area contributed by atoms with Crippen molar-refractivity contribution in [3.8, 4) is 0 Å². The molecule has 2 rings (SSSR count). The Labute approximate surface area is 172 Å². The molecule has 2 atom stereocenters. The van der Waals surface area contributed by atoms with Gasteiger partial charge in [0.2, 0.25) is 5.91 Å². The molecule has 1 aliphatic heterocycles. The molecule has 1 fully saturated rings. The number of benzene rings is 1. The third-order valence-corrected chi connectivity index (χ3v) is 6.00. The summed E-state index contributed by atoms with van der Waals surface area (Å²) < 4.78 is 4.54.